The Morgan fingerprint density at radius 2 is 2.36 bits per heavy atom. The maximum Gasteiger partial charge on any atom is 0.144 e. The quantitative estimate of drug-likeness (QED) is 0.902. The minimum Gasteiger partial charge on any atom is -0.396 e. The van der Waals surface area contributed by atoms with Crippen LogP contribution in [0.1, 0.15) is 4.88 Å². The van der Waals surface area contributed by atoms with Crippen molar-refractivity contribution in [1.29, 1.82) is 0 Å². The molecule has 2 aromatic rings. The zero-order valence-electron chi connectivity index (χ0n) is 7.24. The number of aliphatic hydroxyl groups is 1. The van der Waals surface area contributed by atoms with E-state index in [1.807, 2.05) is 17.5 Å². The van der Waals surface area contributed by atoms with Crippen molar-refractivity contribution >= 4 is 34.3 Å². The molecule has 0 aromatic carbocycles. The molecule has 0 aliphatic carbocycles. The van der Waals surface area contributed by atoms with Crippen LogP contribution in [0.3, 0.4) is 0 Å². The first-order chi connectivity index (χ1) is 6.81. The third-order valence-electron chi connectivity index (χ3n) is 1.72. The second kappa shape index (κ2) is 4.40. The van der Waals surface area contributed by atoms with Crippen LogP contribution >= 0.6 is 34.3 Å². The van der Waals surface area contributed by atoms with Crippen LogP contribution in [0.25, 0.3) is 9.88 Å². The zero-order chi connectivity index (χ0) is 9.97. The smallest absolute Gasteiger partial charge is 0.144 e. The third kappa shape index (κ3) is 1.98. The number of aromatic nitrogens is 1. The zero-order valence-corrected chi connectivity index (χ0v) is 9.62. The summed E-state index contributed by atoms with van der Waals surface area (Å²) in [5.74, 6) is 0. The molecule has 5 heteroatoms. The molecule has 14 heavy (non-hydrogen) atoms. The van der Waals surface area contributed by atoms with E-state index in [0.29, 0.717) is 11.6 Å². The molecule has 0 saturated carbocycles. The number of rotatable bonds is 3. The van der Waals surface area contributed by atoms with Crippen LogP contribution in [0.5, 0.6) is 0 Å². The second-order valence-corrected chi connectivity index (χ2v) is 5.07. The van der Waals surface area contributed by atoms with Gasteiger partial charge in [0.2, 0.25) is 0 Å². The van der Waals surface area contributed by atoms with E-state index < -0.39 is 0 Å². The Kier molecular flexibility index (Phi) is 3.18. The average Bonchev–Trinajstić information content (AvgIpc) is 2.76. The Hall–Kier alpha value is -0.420. The summed E-state index contributed by atoms with van der Waals surface area (Å²) in [7, 11) is 0. The summed E-state index contributed by atoms with van der Waals surface area (Å²) < 4.78 is 0. The molecule has 2 aromatic heterocycles. The van der Waals surface area contributed by atoms with Crippen molar-refractivity contribution in [3.63, 3.8) is 0 Å². The van der Waals surface area contributed by atoms with Gasteiger partial charge in [-0.05, 0) is 11.4 Å². The van der Waals surface area contributed by atoms with E-state index in [0.717, 1.165) is 14.8 Å². The highest BCUT2D eigenvalue weighted by atomic mass is 35.5. The molecule has 0 aliphatic heterocycles. The Balaban J connectivity index is 2.33. The molecular weight excluding hydrogens is 238 g/mol. The predicted molar refractivity (Wildman–Crippen MR) is 61.2 cm³/mol. The Morgan fingerprint density at radius 3 is 3.00 bits per heavy atom. The maximum atomic E-state index is 8.81. The van der Waals surface area contributed by atoms with E-state index >= 15 is 0 Å². The fraction of sp³-hybridized carbons (Fsp3) is 0.222. The number of thiazole rings is 1. The molecule has 2 heterocycles. The minimum absolute atomic E-state index is 0.117. The largest absolute Gasteiger partial charge is 0.396 e. The molecule has 0 unspecified atom stereocenters. The first kappa shape index (κ1) is 10.1. The molecule has 1 N–H and O–H groups in total. The number of halogens is 1. The average molecular weight is 246 g/mol. The summed E-state index contributed by atoms with van der Waals surface area (Å²) in [6.07, 6.45) is 0.585. The van der Waals surface area contributed by atoms with Crippen molar-refractivity contribution < 1.29 is 5.11 Å². The Labute approximate surface area is 94.8 Å². The standard InChI is InChI=1S/C9H8ClNOS2/c10-8-6(3-4-12)14-9(11-8)7-2-1-5-13-7/h1-2,5,12H,3-4H2. The van der Waals surface area contributed by atoms with Gasteiger partial charge in [-0.3, -0.25) is 0 Å². The number of aliphatic hydroxyl groups excluding tert-OH is 1. The predicted octanol–water partition coefficient (Wildman–Crippen LogP) is 3.06. The molecule has 2 nitrogen and oxygen atoms in total. The van der Waals surface area contributed by atoms with E-state index in [1.165, 1.54) is 0 Å². The molecule has 0 radical (unpaired) electrons. The molecule has 0 bridgehead atoms. The van der Waals surface area contributed by atoms with Crippen LogP contribution in [-0.4, -0.2) is 16.7 Å². The van der Waals surface area contributed by atoms with Crippen LogP contribution in [0.15, 0.2) is 17.5 Å². The fourth-order valence-electron chi connectivity index (χ4n) is 1.09. The molecule has 0 spiro atoms. The van der Waals surface area contributed by atoms with Gasteiger partial charge in [0.15, 0.2) is 0 Å². The molecule has 2 rings (SSSR count). The van der Waals surface area contributed by atoms with Crippen LogP contribution in [0, 0.1) is 0 Å². The maximum absolute atomic E-state index is 8.81. The van der Waals surface area contributed by atoms with Gasteiger partial charge in [0, 0.05) is 17.9 Å². The van der Waals surface area contributed by atoms with Gasteiger partial charge in [-0.2, -0.15) is 0 Å². The van der Waals surface area contributed by atoms with E-state index in [4.69, 9.17) is 16.7 Å². The first-order valence-corrected chi connectivity index (χ1v) is 6.18. The molecule has 0 atom stereocenters. The molecule has 0 aliphatic rings. The highest BCUT2D eigenvalue weighted by molar-refractivity contribution is 7.21. The van der Waals surface area contributed by atoms with Crippen LogP contribution in [0.2, 0.25) is 5.15 Å². The van der Waals surface area contributed by atoms with Crippen LogP contribution in [-0.2, 0) is 6.42 Å². The number of thiophene rings is 1. The highest BCUT2D eigenvalue weighted by Crippen LogP contribution is 2.33. The molecule has 74 valence electrons. The molecule has 0 saturated heterocycles. The summed E-state index contributed by atoms with van der Waals surface area (Å²) >= 11 is 9.13. The molecular formula is C9H8ClNOS2. The lowest BCUT2D eigenvalue weighted by molar-refractivity contribution is 0.300. The lowest BCUT2D eigenvalue weighted by Gasteiger charge is -1.88. The van der Waals surface area contributed by atoms with E-state index in [2.05, 4.69) is 4.98 Å². The van der Waals surface area contributed by atoms with Gasteiger partial charge < -0.3 is 5.11 Å². The summed E-state index contributed by atoms with van der Waals surface area (Å²) in [6.45, 7) is 0.117. The first-order valence-electron chi connectivity index (χ1n) is 4.11. The van der Waals surface area contributed by atoms with Crippen molar-refractivity contribution in [2.75, 3.05) is 6.61 Å². The summed E-state index contributed by atoms with van der Waals surface area (Å²) in [5.41, 5.74) is 0. The van der Waals surface area contributed by atoms with E-state index in [1.54, 1.807) is 22.7 Å². The van der Waals surface area contributed by atoms with Crippen molar-refractivity contribution in [2.45, 2.75) is 6.42 Å². The fourth-order valence-corrected chi connectivity index (χ4v) is 3.18. The van der Waals surface area contributed by atoms with Crippen molar-refractivity contribution in [1.82, 2.24) is 4.98 Å². The van der Waals surface area contributed by atoms with E-state index in [-0.39, 0.29) is 6.61 Å². The second-order valence-electron chi connectivity index (χ2n) is 2.68. The SMILES string of the molecule is OCCc1sc(-c2cccs2)nc1Cl. The third-order valence-corrected chi connectivity index (χ3v) is 4.30. The number of hydrogen-bond acceptors (Lipinski definition) is 4. The van der Waals surface area contributed by atoms with Gasteiger partial charge in [0.05, 0.1) is 4.88 Å². The lowest BCUT2D eigenvalue weighted by Crippen LogP contribution is -1.86. The van der Waals surface area contributed by atoms with Crippen LogP contribution in [0.4, 0.5) is 0 Å². The van der Waals surface area contributed by atoms with Crippen molar-refractivity contribution in [3.05, 3.63) is 27.5 Å². The van der Waals surface area contributed by atoms with Crippen molar-refractivity contribution in [3.8, 4) is 9.88 Å². The highest BCUT2D eigenvalue weighted by Gasteiger charge is 2.10. The number of hydrogen-bond donors (Lipinski definition) is 1. The lowest BCUT2D eigenvalue weighted by atomic mass is 10.4. The van der Waals surface area contributed by atoms with Gasteiger partial charge in [0.1, 0.15) is 10.2 Å². The Bertz CT molecular complexity index is 410. The van der Waals surface area contributed by atoms with Gasteiger partial charge in [-0.15, -0.1) is 22.7 Å². The van der Waals surface area contributed by atoms with E-state index in [9.17, 15) is 0 Å². The van der Waals surface area contributed by atoms with Gasteiger partial charge in [-0.1, -0.05) is 17.7 Å². The molecule has 0 fully saturated rings. The van der Waals surface area contributed by atoms with Gasteiger partial charge in [-0.25, -0.2) is 4.98 Å². The monoisotopic (exact) mass is 245 g/mol. The Morgan fingerprint density at radius 1 is 1.50 bits per heavy atom. The minimum atomic E-state index is 0.117. The number of nitrogens with zero attached hydrogens (tertiary/aromatic N) is 1. The van der Waals surface area contributed by atoms with Gasteiger partial charge in [0.25, 0.3) is 0 Å². The summed E-state index contributed by atoms with van der Waals surface area (Å²) in [5, 5.41) is 12.3. The van der Waals surface area contributed by atoms with Crippen LogP contribution < -0.4 is 0 Å². The summed E-state index contributed by atoms with van der Waals surface area (Å²) in [4.78, 5) is 6.34. The molecule has 0 amide bonds. The summed E-state index contributed by atoms with van der Waals surface area (Å²) in [6, 6.07) is 4.00. The normalized spacial score (nSPS) is 10.7. The topological polar surface area (TPSA) is 33.1 Å². The van der Waals surface area contributed by atoms with Crippen molar-refractivity contribution in [2.24, 2.45) is 0 Å². The van der Waals surface area contributed by atoms with Gasteiger partial charge >= 0.3 is 0 Å².